The largest absolute Gasteiger partial charge is 0.367 e. The molecule has 2 unspecified atom stereocenters. The lowest BCUT2D eigenvalue weighted by atomic mass is 10.4. The fraction of sp³-hybridized carbons (Fsp3) is 0.875. The molecule has 0 heterocycles. The van der Waals surface area contributed by atoms with Crippen LogP contribution in [-0.2, 0) is 14.3 Å². The summed E-state index contributed by atoms with van der Waals surface area (Å²) in [6.07, 6.45) is -0.464. The summed E-state index contributed by atoms with van der Waals surface area (Å²) in [6.45, 7) is 3.63. The molecule has 0 spiro atoms. The Morgan fingerprint density at radius 1 is 1.31 bits per heavy atom. The van der Waals surface area contributed by atoms with Crippen molar-refractivity contribution < 1.29 is 14.3 Å². The predicted octanol–water partition coefficient (Wildman–Crippen LogP) is 0.0827. The maximum atomic E-state index is 10.6. The number of carbonyl (C=O) groups is 1. The minimum absolute atomic E-state index is 0.0179. The van der Waals surface area contributed by atoms with E-state index in [4.69, 9.17) is 15.2 Å². The number of carbonyl (C=O) groups excluding carboxylic acids is 1. The highest BCUT2D eigenvalue weighted by atomic mass is 16.5. The van der Waals surface area contributed by atoms with E-state index in [-0.39, 0.29) is 19.0 Å². The second-order valence-electron chi connectivity index (χ2n) is 2.77. The van der Waals surface area contributed by atoms with Gasteiger partial charge in [-0.05, 0) is 13.8 Å². The fourth-order valence-corrected chi connectivity index (χ4v) is 0.989. The summed E-state index contributed by atoms with van der Waals surface area (Å²) < 4.78 is 10.1. The topological polar surface area (TPSA) is 62.6 Å². The van der Waals surface area contributed by atoms with E-state index in [1.165, 1.54) is 0 Å². The van der Waals surface area contributed by atoms with Crippen molar-refractivity contribution in [3.05, 3.63) is 0 Å². The Balaban J connectivity index is 4.26. The minimum atomic E-state index is -0.646. The van der Waals surface area contributed by atoms with Crippen LogP contribution in [0.1, 0.15) is 13.8 Å². The molecule has 0 aliphatic heterocycles. The van der Waals surface area contributed by atoms with Gasteiger partial charge in [-0.15, -0.1) is 0 Å². The molecule has 1 amide bonds. The first-order valence-corrected chi connectivity index (χ1v) is 4.08. The molecule has 1 N–H and O–H groups in total. The van der Waals surface area contributed by atoms with Crippen LogP contribution in [0.3, 0.4) is 0 Å². The van der Waals surface area contributed by atoms with Crippen LogP contribution in [0, 0.1) is 0 Å². The first-order chi connectivity index (χ1) is 6.02. The third-order valence-corrected chi connectivity index (χ3v) is 1.94. The first-order valence-electron chi connectivity index (χ1n) is 4.08. The van der Waals surface area contributed by atoms with E-state index in [0.717, 1.165) is 0 Å². The summed E-state index contributed by atoms with van der Waals surface area (Å²) in [5.41, 5.74) is 6.85. The molecule has 0 saturated heterocycles. The van der Waals surface area contributed by atoms with Crippen molar-refractivity contribution in [3.63, 3.8) is 0 Å². The molecule has 0 bridgehead atoms. The minimum Gasteiger partial charge on any atom is -0.367 e. The quantitative estimate of drug-likeness (QED) is 0.555. The number of nitrogens with zero attached hydrogens (tertiary/aromatic N) is 1. The highest BCUT2D eigenvalue weighted by molar-refractivity contribution is 5.75. The Labute approximate surface area is 78.8 Å². The van der Waals surface area contributed by atoms with E-state index >= 15 is 0 Å². The zero-order valence-electron chi connectivity index (χ0n) is 8.53. The molecule has 0 aliphatic carbocycles. The molecule has 0 fully saturated rings. The van der Waals surface area contributed by atoms with Gasteiger partial charge in [0, 0.05) is 14.2 Å². The van der Waals surface area contributed by atoms with E-state index in [2.05, 4.69) is 0 Å². The number of methoxy groups -OCH3 is 2. The molecule has 0 rings (SSSR count). The lowest BCUT2D eigenvalue weighted by molar-refractivity contribution is -0.139. The van der Waals surface area contributed by atoms with Crippen molar-refractivity contribution in [3.8, 4) is 0 Å². The van der Waals surface area contributed by atoms with E-state index < -0.39 is 5.91 Å². The monoisotopic (exact) mass is 189 g/mol. The Bertz CT molecular complexity index is 153. The summed E-state index contributed by atoms with van der Waals surface area (Å²) in [7, 11) is 3.10. The number of hydrogen-bond acceptors (Lipinski definition) is 4. The van der Waals surface area contributed by atoms with Gasteiger partial charge in [0.15, 0.2) is 0 Å². The van der Waals surface area contributed by atoms with Gasteiger partial charge in [-0.2, -0.15) is 0 Å². The van der Waals surface area contributed by atoms with Gasteiger partial charge in [0.25, 0.3) is 5.91 Å². The summed E-state index contributed by atoms with van der Waals surface area (Å²) in [4.78, 5) is 12.3. The molecule has 5 heteroatoms. The van der Waals surface area contributed by atoms with Crippen LogP contribution >= 0.6 is 0 Å². The van der Waals surface area contributed by atoms with Crippen LogP contribution in [0.15, 0.2) is 0 Å². The zero-order valence-corrected chi connectivity index (χ0v) is 8.53. The first kappa shape index (κ1) is 12.3. The van der Waals surface area contributed by atoms with E-state index in [1.54, 1.807) is 33.0 Å². The Morgan fingerprint density at radius 2 is 1.69 bits per heavy atom. The smallest absolute Gasteiger partial charge is 0.252 e. The normalized spacial score (nSPS) is 15.8. The zero-order chi connectivity index (χ0) is 10.4. The Hall–Kier alpha value is -0.650. The average molecular weight is 189 g/mol. The molecule has 2 atom stereocenters. The van der Waals surface area contributed by atoms with Crippen LogP contribution < -0.4 is 5.73 Å². The van der Waals surface area contributed by atoms with E-state index in [9.17, 15) is 4.79 Å². The average Bonchev–Trinajstić information content (AvgIpc) is 2.11. The van der Waals surface area contributed by atoms with Gasteiger partial charge in [-0.1, -0.05) is 0 Å². The molecule has 13 heavy (non-hydrogen) atoms. The van der Waals surface area contributed by atoms with Gasteiger partial charge in [-0.25, -0.2) is 4.90 Å². The third-order valence-electron chi connectivity index (χ3n) is 1.94. The van der Waals surface area contributed by atoms with Crippen molar-refractivity contribution in [1.29, 1.82) is 0 Å². The number of amides is 1. The third kappa shape index (κ3) is 4.21. The van der Waals surface area contributed by atoms with Crippen molar-refractivity contribution in [1.82, 2.24) is 10.6 Å². The number of ether oxygens (including phenoxy) is 2. The second-order valence-corrected chi connectivity index (χ2v) is 2.77. The van der Waals surface area contributed by atoms with Crippen molar-refractivity contribution in [2.45, 2.75) is 26.3 Å². The van der Waals surface area contributed by atoms with Crippen LogP contribution in [-0.4, -0.2) is 44.0 Å². The number of rotatable bonds is 6. The molecule has 0 aromatic heterocycles. The van der Waals surface area contributed by atoms with Crippen molar-refractivity contribution in [2.75, 3.05) is 20.8 Å². The summed E-state index contributed by atoms with van der Waals surface area (Å²) in [6, 6.07) is 0. The molecular weight excluding hydrogens is 172 g/mol. The second kappa shape index (κ2) is 5.90. The van der Waals surface area contributed by atoms with Gasteiger partial charge < -0.3 is 9.47 Å². The summed E-state index contributed by atoms with van der Waals surface area (Å²) in [5, 5.41) is 0. The lowest BCUT2D eigenvalue weighted by Gasteiger charge is -2.30. The molecule has 0 aliphatic rings. The Kier molecular flexibility index (Phi) is 5.61. The SMILES string of the molecule is COC(C)N(CC([NH])=O)C(C)OC. The number of nitrogens with one attached hydrogen (secondary N) is 1. The maximum Gasteiger partial charge on any atom is 0.252 e. The highest BCUT2D eigenvalue weighted by Crippen LogP contribution is 2.06. The maximum absolute atomic E-state index is 10.6. The van der Waals surface area contributed by atoms with Crippen LogP contribution in [0.25, 0.3) is 0 Å². The van der Waals surface area contributed by atoms with Crippen molar-refractivity contribution in [2.24, 2.45) is 0 Å². The van der Waals surface area contributed by atoms with Gasteiger partial charge in [0.05, 0.1) is 6.54 Å². The highest BCUT2D eigenvalue weighted by Gasteiger charge is 2.21. The number of hydrogen-bond donors (Lipinski definition) is 0. The fourth-order valence-electron chi connectivity index (χ4n) is 0.989. The van der Waals surface area contributed by atoms with Gasteiger partial charge in [0.1, 0.15) is 12.5 Å². The van der Waals surface area contributed by atoms with Crippen LogP contribution in [0.2, 0.25) is 0 Å². The molecule has 1 radical (unpaired) electrons. The van der Waals surface area contributed by atoms with Gasteiger partial charge >= 0.3 is 0 Å². The van der Waals surface area contributed by atoms with Gasteiger partial charge in [-0.3, -0.25) is 10.5 Å². The molecule has 5 nitrogen and oxygen atoms in total. The van der Waals surface area contributed by atoms with E-state index in [0.29, 0.717) is 0 Å². The molecule has 0 saturated carbocycles. The van der Waals surface area contributed by atoms with Crippen LogP contribution in [0.4, 0.5) is 0 Å². The van der Waals surface area contributed by atoms with Crippen molar-refractivity contribution >= 4 is 5.91 Å². The lowest BCUT2D eigenvalue weighted by Crippen LogP contribution is -2.45. The molecule has 77 valence electrons. The van der Waals surface area contributed by atoms with E-state index in [1.807, 2.05) is 0 Å². The van der Waals surface area contributed by atoms with Crippen LogP contribution in [0.5, 0.6) is 0 Å². The van der Waals surface area contributed by atoms with Gasteiger partial charge in [0.2, 0.25) is 0 Å². The molecular formula is C8H17N2O3. The summed E-state index contributed by atoms with van der Waals surface area (Å²) in [5.74, 6) is -0.646. The standard InChI is InChI=1S/C8H17N2O3/c1-6(12-3)10(5-8(9)11)7(2)13-4/h6-7,9H,5H2,1-4H3. The molecule has 0 aromatic rings. The Morgan fingerprint density at radius 3 is 1.92 bits per heavy atom. The molecule has 0 aromatic carbocycles. The predicted molar refractivity (Wildman–Crippen MR) is 47.8 cm³/mol. The summed E-state index contributed by atoms with van der Waals surface area (Å²) >= 11 is 0.